The maximum absolute atomic E-state index is 12.0. The van der Waals surface area contributed by atoms with Gasteiger partial charge in [-0.05, 0) is 29.0 Å². The molecule has 1 aliphatic heterocycles. The Morgan fingerprint density at radius 2 is 1.92 bits per heavy atom. The number of nitrogen functional groups attached to an aromatic ring is 1. The first-order valence-corrected chi connectivity index (χ1v) is 7.94. The number of carbonyl (C=O) groups excluding carboxylic acids is 2. The summed E-state index contributed by atoms with van der Waals surface area (Å²) in [7, 11) is 0. The molecular weight excluding hydrogens is 456 g/mol. The van der Waals surface area contributed by atoms with Crippen LogP contribution < -0.4 is 5.73 Å². The van der Waals surface area contributed by atoms with Gasteiger partial charge in [-0.15, -0.1) is 0 Å². The maximum Gasteiger partial charge on any atom is 0.323 e. The van der Waals surface area contributed by atoms with Crippen molar-refractivity contribution in [3.05, 3.63) is 10.0 Å². The van der Waals surface area contributed by atoms with Gasteiger partial charge in [0.05, 0.1) is 6.33 Å². The van der Waals surface area contributed by atoms with Crippen LogP contribution >= 0.6 is 22.6 Å². The normalized spacial score (nSPS) is 17.3. The molecule has 0 unspecified atom stereocenters. The predicted octanol–water partition coefficient (Wildman–Crippen LogP) is 0.475. The molecule has 0 saturated carbocycles. The number of fused-ring (bicyclic) bond motifs is 1. The maximum atomic E-state index is 12.0. The molecule has 24 heavy (non-hydrogen) atoms. The van der Waals surface area contributed by atoms with Crippen molar-refractivity contribution in [1.29, 1.82) is 0 Å². The summed E-state index contributed by atoms with van der Waals surface area (Å²) in [5.74, 6) is -3.17. The van der Waals surface area contributed by atoms with E-state index in [1.54, 1.807) is 10.9 Å². The van der Waals surface area contributed by atoms with Crippen LogP contribution in [0.15, 0.2) is 6.33 Å². The van der Waals surface area contributed by atoms with E-state index in [1.807, 2.05) is 22.6 Å². The number of esters is 2. The van der Waals surface area contributed by atoms with Gasteiger partial charge in [0.1, 0.15) is 9.22 Å². The van der Waals surface area contributed by atoms with Crippen LogP contribution in [0, 0.1) is 9.62 Å². The Balaban J connectivity index is 0.00000208. The second kappa shape index (κ2) is 7.49. The molecule has 123 valence electrons. The van der Waals surface area contributed by atoms with Crippen molar-refractivity contribution < 1.29 is 19.1 Å². The van der Waals surface area contributed by atoms with E-state index in [2.05, 4.69) is 15.0 Å². The van der Waals surface area contributed by atoms with E-state index in [9.17, 15) is 9.59 Å². The molecule has 11 heteroatoms. The summed E-state index contributed by atoms with van der Waals surface area (Å²) in [6.45, 7) is 3.41. The quantitative estimate of drug-likeness (QED) is 0.226. The largest absolute Gasteiger partial charge is 0.422 e. The molecule has 0 aromatic carbocycles. The first kappa shape index (κ1) is 20.0. The number of rotatable bonds is 3. The topological polar surface area (TPSA) is 122 Å². The van der Waals surface area contributed by atoms with Gasteiger partial charge >= 0.3 is 11.9 Å². The van der Waals surface area contributed by atoms with Gasteiger partial charge in [-0.25, -0.2) is 9.97 Å². The minimum atomic E-state index is -1.22. The SMILES string of the molecule is CC1(C)OC(=O)C(CCn2cnc3nc(N)nc(I)c32)C(=O)O1.[K]. The van der Waals surface area contributed by atoms with Crippen molar-refractivity contribution in [2.24, 2.45) is 5.92 Å². The summed E-state index contributed by atoms with van der Waals surface area (Å²) >= 11 is 2.04. The van der Waals surface area contributed by atoms with Crippen molar-refractivity contribution in [2.75, 3.05) is 5.73 Å². The Morgan fingerprint density at radius 1 is 1.29 bits per heavy atom. The Bertz CT molecular complexity index is 789. The van der Waals surface area contributed by atoms with Crippen LogP contribution in [0.1, 0.15) is 20.3 Å². The van der Waals surface area contributed by atoms with Crippen LogP contribution in [0.4, 0.5) is 5.95 Å². The van der Waals surface area contributed by atoms with Crippen molar-refractivity contribution in [3.63, 3.8) is 0 Å². The van der Waals surface area contributed by atoms with E-state index in [4.69, 9.17) is 15.2 Å². The minimum Gasteiger partial charge on any atom is -0.422 e. The van der Waals surface area contributed by atoms with Crippen LogP contribution in [0.5, 0.6) is 0 Å². The number of aryl methyl sites for hydroxylation is 1. The number of anilines is 1. The van der Waals surface area contributed by atoms with Crippen LogP contribution in [-0.2, 0) is 25.6 Å². The van der Waals surface area contributed by atoms with Gasteiger partial charge in [0.15, 0.2) is 11.6 Å². The number of carbonyl (C=O) groups is 2. The van der Waals surface area contributed by atoms with E-state index in [1.165, 1.54) is 13.8 Å². The van der Waals surface area contributed by atoms with Crippen LogP contribution in [0.3, 0.4) is 0 Å². The first-order chi connectivity index (χ1) is 10.8. The fourth-order valence-electron chi connectivity index (χ4n) is 2.37. The number of ether oxygens (including phenoxy) is 2. The molecule has 3 rings (SSSR count). The van der Waals surface area contributed by atoms with Crippen molar-refractivity contribution in [2.45, 2.75) is 32.6 Å². The van der Waals surface area contributed by atoms with Crippen LogP contribution in [-0.4, -0.2) is 88.6 Å². The number of halogens is 1. The minimum absolute atomic E-state index is 0. The second-order valence-corrected chi connectivity index (χ2v) is 6.59. The van der Waals surface area contributed by atoms with Crippen molar-refractivity contribution in [3.8, 4) is 0 Å². The molecule has 0 spiro atoms. The van der Waals surface area contributed by atoms with Gasteiger partial charge in [0.25, 0.3) is 5.79 Å². The summed E-state index contributed by atoms with van der Waals surface area (Å²) in [4.78, 5) is 36.2. The molecule has 0 bridgehead atoms. The Morgan fingerprint density at radius 3 is 2.54 bits per heavy atom. The number of nitrogens with zero attached hydrogens (tertiary/aromatic N) is 4. The van der Waals surface area contributed by atoms with E-state index in [-0.39, 0.29) is 63.8 Å². The Kier molecular flexibility index (Phi) is 6.24. The van der Waals surface area contributed by atoms with E-state index < -0.39 is 23.6 Å². The molecule has 0 atom stereocenters. The molecule has 2 N–H and O–H groups in total. The van der Waals surface area contributed by atoms with Gasteiger partial charge in [0, 0.05) is 71.8 Å². The number of nitrogens with two attached hydrogens (primary N) is 1. The van der Waals surface area contributed by atoms with Gasteiger partial charge in [0.2, 0.25) is 5.95 Å². The molecule has 0 aliphatic carbocycles. The van der Waals surface area contributed by atoms with Gasteiger partial charge in [-0.2, -0.15) is 4.98 Å². The number of hydrogen-bond acceptors (Lipinski definition) is 8. The Labute approximate surface area is 193 Å². The molecule has 1 radical (unpaired) electrons. The average molecular weight is 470 g/mol. The van der Waals surface area contributed by atoms with Crippen LogP contribution in [0.2, 0.25) is 0 Å². The number of aromatic nitrogens is 4. The van der Waals surface area contributed by atoms with E-state index in [0.717, 1.165) is 0 Å². The molecule has 0 amide bonds. The summed E-state index contributed by atoms with van der Waals surface area (Å²) in [6, 6.07) is 0. The fourth-order valence-corrected chi connectivity index (χ4v) is 3.17. The van der Waals surface area contributed by atoms with E-state index >= 15 is 0 Å². The summed E-state index contributed by atoms with van der Waals surface area (Å²) in [5, 5.41) is 0. The van der Waals surface area contributed by atoms with Gasteiger partial charge in [-0.1, -0.05) is 0 Å². The molecule has 9 nitrogen and oxygen atoms in total. The molecular formula is C13H14IKN5O4. The standard InChI is InChI=1S/C13H14IN5O4.K/c1-13(2)22-10(20)6(11(21)23-13)3-4-19-5-16-9-7(19)8(14)17-12(15)18-9;/h5-6H,3-4H2,1-2H3,(H2,15,17,18);. The predicted molar refractivity (Wildman–Crippen MR) is 92.6 cm³/mol. The molecule has 2 aromatic rings. The average Bonchev–Trinajstić information content (AvgIpc) is 2.79. The summed E-state index contributed by atoms with van der Waals surface area (Å²) < 4.78 is 12.6. The van der Waals surface area contributed by atoms with Crippen molar-refractivity contribution in [1.82, 2.24) is 19.5 Å². The number of cyclic esters (lactones) is 2. The number of imidazole rings is 1. The molecule has 1 aliphatic rings. The fraction of sp³-hybridized carbons (Fsp3) is 0.462. The molecule has 2 aromatic heterocycles. The number of hydrogen-bond donors (Lipinski definition) is 1. The van der Waals surface area contributed by atoms with Crippen molar-refractivity contribution >= 4 is 103 Å². The molecule has 3 heterocycles. The van der Waals surface area contributed by atoms with Gasteiger partial charge < -0.3 is 19.8 Å². The Hall–Kier alpha value is -0.344. The third-order valence-electron chi connectivity index (χ3n) is 3.37. The smallest absolute Gasteiger partial charge is 0.323 e. The molecule has 1 fully saturated rings. The zero-order chi connectivity index (χ0) is 16.8. The third kappa shape index (κ3) is 4.07. The molecule has 1 saturated heterocycles. The first-order valence-electron chi connectivity index (χ1n) is 6.86. The van der Waals surface area contributed by atoms with Crippen LogP contribution in [0.25, 0.3) is 11.2 Å². The summed E-state index contributed by atoms with van der Waals surface area (Å²) in [6.07, 6.45) is 1.81. The monoisotopic (exact) mass is 470 g/mol. The second-order valence-electron chi connectivity index (χ2n) is 5.57. The summed E-state index contributed by atoms with van der Waals surface area (Å²) in [5.41, 5.74) is 6.76. The third-order valence-corrected chi connectivity index (χ3v) is 4.12. The van der Waals surface area contributed by atoms with Gasteiger partial charge in [-0.3, -0.25) is 9.59 Å². The van der Waals surface area contributed by atoms with E-state index in [0.29, 0.717) is 21.4 Å². The zero-order valence-electron chi connectivity index (χ0n) is 13.4. The zero-order valence-corrected chi connectivity index (χ0v) is 18.7.